The molecule has 31 heavy (non-hydrogen) atoms. The normalized spacial score (nSPS) is 14.9. The number of phenolic OH excluding ortho intramolecular Hbond substituents is 1. The number of methoxy groups -OCH3 is 5. The molecule has 7 nitrogen and oxygen atoms in total. The van der Waals surface area contributed by atoms with Gasteiger partial charge in [0.15, 0.2) is 11.5 Å². The highest BCUT2D eigenvalue weighted by atomic mass is 16.5. The summed E-state index contributed by atoms with van der Waals surface area (Å²) < 4.78 is 27.6. The van der Waals surface area contributed by atoms with Crippen LogP contribution in [-0.4, -0.2) is 65.2 Å². The zero-order valence-corrected chi connectivity index (χ0v) is 19.1. The molecule has 1 aliphatic rings. The smallest absolute Gasteiger partial charge is 0.203 e. The lowest BCUT2D eigenvalue weighted by molar-refractivity contribution is 0.317. The summed E-state index contributed by atoms with van der Waals surface area (Å²) in [7, 11) is 7.96. The Morgan fingerprint density at radius 2 is 1.42 bits per heavy atom. The van der Waals surface area contributed by atoms with E-state index in [0.717, 1.165) is 37.2 Å². The molecule has 1 saturated heterocycles. The van der Waals surface area contributed by atoms with E-state index in [4.69, 9.17) is 23.7 Å². The van der Waals surface area contributed by atoms with Crippen molar-refractivity contribution in [3.63, 3.8) is 0 Å². The Kier molecular flexibility index (Phi) is 7.74. The molecule has 0 aliphatic carbocycles. The fourth-order valence-corrected chi connectivity index (χ4v) is 4.32. The van der Waals surface area contributed by atoms with E-state index in [9.17, 15) is 5.11 Å². The third-order valence-electron chi connectivity index (χ3n) is 5.92. The van der Waals surface area contributed by atoms with Crippen molar-refractivity contribution in [1.82, 2.24) is 4.90 Å². The topological polar surface area (TPSA) is 69.6 Å². The Balaban J connectivity index is 2.11. The third kappa shape index (κ3) is 4.93. The van der Waals surface area contributed by atoms with Crippen LogP contribution in [-0.2, 0) is 0 Å². The van der Waals surface area contributed by atoms with E-state index in [1.807, 2.05) is 12.1 Å². The summed E-state index contributed by atoms with van der Waals surface area (Å²) in [6.07, 6.45) is 3.26. The van der Waals surface area contributed by atoms with Gasteiger partial charge >= 0.3 is 0 Å². The van der Waals surface area contributed by atoms with Gasteiger partial charge in [0, 0.05) is 23.6 Å². The van der Waals surface area contributed by atoms with Crippen LogP contribution in [0.2, 0.25) is 0 Å². The molecule has 1 fully saturated rings. The van der Waals surface area contributed by atoms with Crippen molar-refractivity contribution < 1.29 is 28.8 Å². The number of benzene rings is 2. The Hall–Kier alpha value is -2.80. The maximum absolute atomic E-state index is 11.0. The van der Waals surface area contributed by atoms with E-state index in [0.29, 0.717) is 28.7 Å². The van der Waals surface area contributed by atoms with Gasteiger partial charge in [0.05, 0.1) is 35.5 Å². The van der Waals surface area contributed by atoms with E-state index in [-0.39, 0.29) is 11.7 Å². The van der Waals surface area contributed by atoms with Crippen LogP contribution in [0.15, 0.2) is 24.3 Å². The Labute approximate surface area is 184 Å². The number of likely N-dealkylation sites (tertiary alicyclic amines) is 1. The molecule has 0 radical (unpaired) electrons. The van der Waals surface area contributed by atoms with Crippen LogP contribution < -0.4 is 23.7 Å². The van der Waals surface area contributed by atoms with Crippen LogP contribution >= 0.6 is 0 Å². The highest BCUT2D eigenvalue weighted by Gasteiger charge is 2.27. The predicted molar refractivity (Wildman–Crippen MR) is 119 cm³/mol. The van der Waals surface area contributed by atoms with Crippen LogP contribution in [0.3, 0.4) is 0 Å². The predicted octanol–water partition coefficient (Wildman–Crippen LogP) is 4.05. The zero-order chi connectivity index (χ0) is 22.4. The van der Waals surface area contributed by atoms with Crippen LogP contribution in [0.1, 0.15) is 36.3 Å². The van der Waals surface area contributed by atoms with Crippen LogP contribution in [0.25, 0.3) is 0 Å². The molecule has 0 amide bonds. The summed E-state index contributed by atoms with van der Waals surface area (Å²) in [4.78, 5) is 2.46. The second-order valence-electron chi connectivity index (χ2n) is 7.61. The fourth-order valence-electron chi connectivity index (χ4n) is 4.32. The number of phenols is 1. The first-order valence-electron chi connectivity index (χ1n) is 10.5. The summed E-state index contributed by atoms with van der Waals surface area (Å²) in [6, 6.07) is 7.31. The van der Waals surface area contributed by atoms with E-state index in [2.05, 4.69) is 4.90 Å². The van der Waals surface area contributed by atoms with E-state index in [1.165, 1.54) is 12.8 Å². The molecule has 3 rings (SSSR count). The molecule has 0 spiro atoms. The van der Waals surface area contributed by atoms with Crippen molar-refractivity contribution in [3.8, 4) is 34.5 Å². The molecule has 1 aliphatic heterocycles. The minimum atomic E-state index is -0.143. The molecule has 2 aromatic rings. The summed E-state index contributed by atoms with van der Waals surface area (Å²) in [6.45, 7) is 3.12. The van der Waals surface area contributed by atoms with Crippen molar-refractivity contribution in [1.29, 1.82) is 0 Å². The van der Waals surface area contributed by atoms with Crippen molar-refractivity contribution in [3.05, 3.63) is 35.4 Å². The maximum Gasteiger partial charge on any atom is 0.203 e. The molecule has 7 heteroatoms. The van der Waals surface area contributed by atoms with Gasteiger partial charge in [-0.25, -0.2) is 0 Å². The van der Waals surface area contributed by atoms with Gasteiger partial charge < -0.3 is 33.7 Å². The molecule has 0 bridgehead atoms. The third-order valence-corrected chi connectivity index (χ3v) is 5.92. The second-order valence-corrected chi connectivity index (χ2v) is 7.61. The van der Waals surface area contributed by atoms with Gasteiger partial charge in [-0.15, -0.1) is 0 Å². The first kappa shape index (κ1) is 22.9. The Morgan fingerprint density at radius 1 is 0.806 bits per heavy atom. The molecule has 0 saturated carbocycles. The fraction of sp³-hybridized carbons (Fsp3) is 0.500. The SMILES string of the molecule is COc1cc(O)c([C@H](CCN2CCCC2)c2cc(OC)c(OC)c(OC)c2)c(OC)c1. The first-order chi connectivity index (χ1) is 15.1. The molecule has 1 N–H and O–H groups in total. The Morgan fingerprint density at radius 3 is 1.94 bits per heavy atom. The maximum atomic E-state index is 11.0. The summed E-state index contributed by atoms with van der Waals surface area (Å²) in [5.41, 5.74) is 1.67. The summed E-state index contributed by atoms with van der Waals surface area (Å²) in [5.74, 6) is 2.81. The van der Waals surface area contributed by atoms with Gasteiger partial charge in [0.25, 0.3) is 0 Å². The zero-order valence-electron chi connectivity index (χ0n) is 19.1. The lowest BCUT2D eigenvalue weighted by atomic mass is 9.86. The number of rotatable bonds is 10. The number of aromatic hydroxyl groups is 1. The summed E-state index contributed by atoms with van der Waals surface area (Å²) in [5, 5.41) is 11.0. The first-order valence-corrected chi connectivity index (χ1v) is 10.5. The second kappa shape index (κ2) is 10.5. The average Bonchev–Trinajstić information content (AvgIpc) is 3.32. The van der Waals surface area contributed by atoms with Crippen molar-refractivity contribution in [2.24, 2.45) is 0 Å². The molecular formula is C24H33NO6. The molecule has 1 heterocycles. The largest absolute Gasteiger partial charge is 0.507 e. The van der Waals surface area contributed by atoms with Gasteiger partial charge in [-0.1, -0.05) is 0 Å². The molecule has 0 aromatic heterocycles. The minimum absolute atomic E-state index is 0.136. The number of ether oxygens (including phenoxy) is 5. The lowest BCUT2D eigenvalue weighted by Crippen LogP contribution is -2.22. The van der Waals surface area contributed by atoms with Crippen molar-refractivity contribution in [2.75, 3.05) is 55.2 Å². The number of hydrogen-bond acceptors (Lipinski definition) is 7. The quantitative estimate of drug-likeness (QED) is 0.608. The molecule has 0 unspecified atom stereocenters. The Bertz CT molecular complexity index is 854. The highest BCUT2D eigenvalue weighted by Crippen LogP contribution is 2.47. The van der Waals surface area contributed by atoms with Gasteiger partial charge in [0.2, 0.25) is 5.75 Å². The standard InChI is InChI=1S/C24H33NO6/c1-27-17-14-19(26)23(20(15-17)28-2)18(8-11-25-9-6-7-10-25)16-12-21(29-3)24(31-5)22(13-16)30-4/h12-15,18,26H,6-11H2,1-5H3/t18-/m1/s1. The molecule has 1 atom stereocenters. The van der Waals surface area contributed by atoms with E-state index >= 15 is 0 Å². The van der Waals surface area contributed by atoms with Gasteiger partial charge in [-0.2, -0.15) is 0 Å². The van der Waals surface area contributed by atoms with Crippen LogP contribution in [0.4, 0.5) is 0 Å². The van der Waals surface area contributed by atoms with Gasteiger partial charge in [-0.3, -0.25) is 0 Å². The number of nitrogens with zero attached hydrogens (tertiary/aromatic N) is 1. The van der Waals surface area contributed by atoms with Gasteiger partial charge in [0.1, 0.15) is 17.2 Å². The van der Waals surface area contributed by atoms with Gasteiger partial charge in [-0.05, 0) is 56.6 Å². The number of hydrogen-bond donors (Lipinski definition) is 1. The lowest BCUT2D eigenvalue weighted by Gasteiger charge is -2.26. The summed E-state index contributed by atoms with van der Waals surface area (Å²) >= 11 is 0. The van der Waals surface area contributed by atoms with Crippen LogP contribution in [0, 0.1) is 0 Å². The highest BCUT2D eigenvalue weighted by molar-refractivity contribution is 5.59. The molecule has 2 aromatic carbocycles. The van der Waals surface area contributed by atoms with E-state index < -0.39 is 0 Å². The van der Waals surface area contributed by atoms with Crippen molar-refractivity contribution >= 4 is 0 Å². The van der Waals surface area contributed by atoms with Crippen molar-refractivity contribution in [2.45, 2.75) is 25.2 Å². The molecule has 170 valence electrons. The average molecular weight is 432 g/mol. The van der Waals surface area contributed by atoms with E-state index in [1.54, 1.807) is 47.7 Å². The minimum Gasteiger partial charge on any atom is -0.507 e. The van der Waals surface area contributed by atoms with Crippen LogP contribution in [0.5, 0.6) is 34.5 Å². The monoisotopic (exact) mass is 431 g/mol. The molecular weight excluding hydrogens is 398 g/mol.